The summed E-state index contributed by atoms with van der Waals surface area (Å²) >= 11 is 0. The largest absolute Gasteiger partial charge is 0.323 e. The van der Waals surface area contributed by atoms with Crippen LogP contribution in [-0.4, -0.2) is 20.4 Å². The third-order valence-electron chi connectivity index (χ3n) is 4.73. The van der Waals surface area contributed by atoms with Crippen molar-refractivity contribution in [2.45, 2.75) is 6.42 Å². The molecule has 2 aromatic heterocycles. The molecule has 0 radical (unpaired) electrons. The van der Waals surface area contributed by atoms with Gasteiger partial charge in [0.25, 0.3) is 5.56 Å². The van der Waals surface area contributed by atoms with E-state index < -0.39 is 11.8 Å². The van der Waals surface area contributed by atoms with Gasteiger partial charge in [-0.25, -0.2) is 14.2 Å². The summed E-state index contributed by atoms with van der Waals surface area (Å²) in [5.74, 6) is -0.423. The van der Waals surface area contributed by atoms with Gasteiger partial charge in [-0.2, -0.15) is 0 Å². The Morgan fingerprint density at radius 3 is 2.79 bits per heavy atom. The van der Waals surface area contributed by atoms with Crippen LogP contribution >= 0.6 is 0 Å². The molecule has 8 heteroatoms. The highest BCUT2D eigenvalue weighted by atomic mass is 19.1. The zero-order valence-corrected chi connectivity index (χ0v) is 14.5. The summed E-state index contributed by atoms with van der Waals surface area (Å²) in [6.45, 7) is 0. The number of nitrogens with one attached hydrogen (secondary N) is 3. The van der Waals surface area contributed by atoms with Gasteiger partial charge >= 0.3 is 6.03 Å². The number of carbonyl (C=O) groups excluding carboxylic acids is 1. The fourth-order valence-corrected chi connectivity index (χ4v) is 3.55. The van der Waals surface area contributed by atoms with E-state index in [1.54, 1.807) is 28.9 Å². The molecular formula is C20H14FN5O2. The van der Waals surface area contributed by atoms with Gasteiger partial charge in [0.1, 0.15) is 5.82 Å². The summed E-state index contributed by atoms with van der Waals surface area (Å²) < 4.78 is 15.0. The van der Waals surface area contributed by atoms with Gasteiger partial charge in [0.15, 0.2) is 0 Å². The van der Waals surface area contributed by atoms with Crippen molar-refractivity contribution in [3.63, 3.8) is 0 Å². The van der Waals surface area contributed by atoms with Crippen LogP contribution in [0.25, 0.3) is 16.9 Å². The summed E-state index contributed by atoms with van der Waals surface area (Å²) in [7, 11) is 0. The molecule has 1 aliphatic rings. The molecule has 0 saturated carbocycles. The average molecular weight is 375 g/mol. The number of rotatable bonds is 2. The first-order valence-corrected chi connectivity index (χ1v) is 8.63. The van der Waals surface area contributed by atoms with Crippen molar-refractivity contribution in [2.75, 3.05) is 10.6 Å². The number of H-pyrrole nitrogens is 1. The van der Waals surface area contributed by atoms with Gasteiger partial charge in [-0.3, -0.25) is 9.20 Å². The smallest absolute Gasteiger partial charge is 0.317 e. The number of hydrogen-bond donors (Lipinski definition) is 3. The predicted octanol–water partition coefficient (Wildman–Crippen LogP) is 3.38. The fourth-order valence-electron chi connectivity index (χ4n) is 3.55. The Labute approximate surface area is 157 Å². The van der Waals surface area contributed by atoms with Crippen molar-refractivity contribution >= 4 is 23.1 Å². The molecule has 0 bridgehead atoms. The maximum Gasteiger partial charge on any atom is 0.323 e. The number of imidazole rings is 1. The third kappa shape index (κ3) is 2.62. The molecule has 5 rings (SSSR count). The lowest BCUT2D eigenvalue weighted by molar-refractivity contribution is 0.262. The molecule has 138 valence electrons. The lowest BCUT2D eigenvalue weighted by atomic mass is 10.1. The Kier molecular flexibility index (Phi) is 3.51. The highest BCUT2D eigenvalue weighted by molar-refractivity contribution is 6.00. The van der Waals surface area contributed by atoms with Crippen LogP contribution in [0, 0.1) is 5.82 Å². The normalized spacial score (nSPS) is 11.9. The molecule has 0 fully saturated rings. The molecule has 0 unspecified atom stereocenters. The van der Waals surface area contributed by atoms with Crippen LogP contribution in [0.2, 0.25) is 0 Å². The molecule has 4 aromatic rings. The number of amides is 2. The fraction of sp³-hybridized carbons (Fsp3) is 0.0500. The number of aromatic amines is 1. The minimum atomic E-state index is -0.466. The first-order valence-electron chi connectivity index (χ1n) is 8.63. The van der Waals surface area contributed by atoms with Crippen LogP contribution in [0.3, 0.4) is 0 Å². The number of urea groups is 1. The van der Waals surface area contributed by atoms with Gasteiger partial charge < -0.3 is 15.6 Å². The molecule has 0 aliphatic heterocycles. The second-order valence-electron chi connectivity index (χ2n) is 6.53. The molecule has 2 heterocycles. The SMILES string of the molecule is O=C(Nc1cccc(F)c1)Nc1ccc2c(c1)Cc1c-2[nH]c(=O)c2nccn12. The van der Waals surface area contributed by atoms with E-state index >= 15 is 0 Å². The first-order chi connectivity index (χ1) is 13.6. The van der Waals surface area contributed by atoms with Crippen LogP contribution in [0.15, 0.2) is 59.7 Å². The van der Waals surface area contributed by atoms with Gasteiger partial charge in [0.2, 0.25) is 5.65 Å². The van der Waals surface area contributed by atoms with Crippen LogP contribution in [0.5, 0.6) is 0 Å². The third-order valence-corrected chi connectivity index (χ3v) is 4.73. The van der Waals surface area contributed by atoms with Crippen LogP contribution in [0.4, 0.5) is 20.6 Å². The van der Waals surface area contributed by atoms with Crippen molar-refractivity contribution in [2.24, 2.45) is 0 Å². The number of carbonyl (C=O) groups is 1. The van der Waals surface area contributed by atoms with Crippen LogP contribution in [0.1, 0.15) is 11.3 Å². The molecule has 28 heavy (non-hydrogen) atoms. The predicted molar refractivity (Wildman–Crippen MR) is 103 cm³/mol. The summed E-state index contributed by atoms with van der Waals surface area (Å²) in [5, 5.41) is 5.34. The Hall–Kier alpha value is -3.94. The Balaban J connectivity index is 1.41. The van der Waals surface area contributed by atoms with Crippen molar-refractivity contribution in [3.05, 3.63) is 82.3 Å². The number of halogens is 1. The number of nitrogens with zero attached hydrogens (tertiary/aromatic N) is 2. The minimum absolute atomic E-state index is 0.242. The molecule has 0 spiro atoms. The van der Waals surface area contributed by atoms with Crippen molar-refractivity contribution in [3.8, 4) is 11.3 Å². The topological polar surface area (TPSA) is 91.3 Å². The monoisotopic (exact) mass is 375 g/mol. The van der Waals surface area contributed by atoms with E-state index in [1.165, 1.54) is 18.2 Å². The number of anilines is 2. The highest BCUT2D eigenvalue weighted by Crippen LogP contribution is 2.35. The molecule has 1 aliphatic carbocycles. The lowest BCUT2D eigenvalue weighted by Gasteiger charge is -2.09. The van der Waals surface area contributed by atoms with E-state index in [-0.39, 0.29) is 5.56 Å². The van der Waals surface area contributed by atoms with E-state index in [1.807, 2.05) is 12.1 Å². The van der Waals surface area contributed by atoms with E-state index in [0.29, 0.717) is 23.4 Å². The Bertz CT molecular complexity index is 1310. The Morgan fingerprint density at radius 2 is 1.96 bits per heavy atom. The molecule has 0 atom stereocenters. The second kappa shape index (κ2) is 6.05. The zero-order chi connectivity index (χ0) is 19.3. The van der Waals surface area contributed by atoms with Crippen molar-refractivity contribution < 1.29 is 9.18 Å². The number of aromatic nitrogens is 3. The van der Waals surface area contributed by atoms with Crippen LogP contribution < -0.4 is 16.2 Å². The second-order valence-corrected chi connectivity index (χ2v) is 6.53. The van der Waals surface area contributed by atoms with Crippen molar-refractivity contribution in [1.29, 1.82) is 0 Å². The summed E-state index contributed by atoms with van der Waals surface area (Å²) in [6, 6.07) is 10.7. The van der Waals surface area contributed by atoms with Gasteiger partial charge in [-0.1, -0.05) is 12.1 Å². The maximum atomic E-state index is 13.2. The van der Waals surface area contributed by atoms with E-state index in [2.05, 4.69) is 20.6 Å². The van der Waals surface area contributed by atoms with Gasteiger partial charge in [-0.05, 0) is 35.9 Å². The summed E-state index contributed by atoms with van der Waals surface area (Å²) in [6.07, 6.45) is 3.97. The van der Waals surface area contributed by atoms with Crippen LogP contribution in [-0.2, 0) is 6.42 Å². The number of hydrogen-bond acceptors (Lipinski definition) is 3. The quantitative estimate of drug-likeness (QED) is 0.442. The lowest BCUT2D eigenvalue weighted by Crippen LogP contribution is -2.19. The minimum Gasteiger partial charge on any atom is -0.317 e. The van der Waals surface area contributed by atoms with Gasteiger partial charge in [-0.15, -0.1) is 0 Å². The van der Waals surface area contributed by atoms with Gasteiger partial charge in [0.05, 0.1) is 11.4 Å². The molecule has 3 N–H and O–H groups in total. The zero-order valence-electron chi connectivity index (χ0n) is 14.5. The van der Waals surface area contributed by atoms with E-state index in [9.17, 15) is 14.0 Å². The summed E-state index contributed by atoms with van der Waals surface area (Å²) in [5.41, 5.74) is 4.70. The molecule has 2 aromatic carbocycles. The average Bonchev–Trinajstić information content (AvgIpc) is 3.26. The van der Waals surface area contributed by atoms with E-state index in [4.69, 9.17) is 0 Å². The van der Waals surface area contributed by atoms with E-state index in [0.717, 1.165) is 22.5 Å². The summed E-state index contributed by atoms with van der Waals surface area (Å²) in [4.78, 5) is 31.4. The van der Waals surface area contributed by atoms with Crippen molar-refractivity contribution in [1.82, 2.24) is 14.4 Å². The Morgan fingerprint density at radius 1 is 1.14 bits per heavy atom. The number of fused-ring (bicyclic) bond motifs is 5. The maximum absolute atomic E-state index is 13.2. The highest BCUT2D eigenvalue weighted by Gasteiger charge is 2.23. The molecule has 0 saturated heterocycles. The van der Waals surface area contributed by atoms with Gasteiger partial charge in [0, 0.05) is 35.8 Å². The number of benzene rings is 2. The standard InChI is InChI=1S/C20H14FN5O2/c21-12-2-1-3-13(10-12)23-20(28)24-14-4-5-15-11(8-14)9-16-17(15)25-19(27)18-22-6-7-26(16)18/h1-8,10H,9H2,(H,25,27)(H2,23,24,28). The molecular weight excluding hydrogens is 361 g/mol. The first kappa shape index (κ1) is 16.2. The molecule has 7 nitrogen and oxygen atoms in total. The molecule has 2 amide bonds.